The van der Waals surface area contributed by atoms with Gasteiger partial charge in [-0.15, -0.1) is 11.8 Å². The van der Waals surface area contributed by atoms with E-state index in [0.29, 0.717) is 5.92 Å². The van der Waals surface area contributed by atoms with Crippen LogP contribution in [0.2, 0.25) is 0 Å². The molecule has 23 heavy (non-hydrogen) atoms. The Morgan fingerprint density at radius 1 is 1.35 bits per heavy atom. The lowest BCUT2D eigenvalue weighted by molar-refractivity contribution is -0.441. The van der Waals surface area contributed by atoms with Crippen LogP contribution in [0.3, 0.4) is 0 Å². The smallest absolute Gasteiger partial charge is 0.303 e. The van der Waals surface area contributed by atoms with Crippen molar-refractivity contribution in [2.75, 3.05) is 5.75 Å². The van der Waals surface area contributed by atoms with Gasteiger partial charge in [0.05, 0.1) is 0 Å². The fourth-order valence-corrected chi connectivity index (χ4v) is 4.60. The van der Waals surface area contributed by atoms with Gasteiger partial charge in [0.2, 0.25) is 0 Å². The van der Waals surface area contributed by atoms with Gasteiger partial charge in [0, 0.05) is 17.6 Å². The van der Waals surface area contributed by atoms with E-state index in [0.717, 1.165) is 25.0 Å². The molecule has 1 aliphatic carbocycles. The molecule has 1 saturated carbocycles. The van der Waals surface area contributed by atoms with Gasteiger partial charge < -0.3 is 4.74 Å². The molecule has 0 spiro atoms. The average Bonchev–Trinajstić information content (AvgIpc) is 2.52. The third-order valence-corrected chi connectivity index (χ3v) is 6.36. The third kappa shape index (κ3) is 3.57. The van der Waals surface area contributed by atoms with E-state index in [1.807, 2.05) is 25.1 Å². The molecule has 1 aromatic carbocycles. The van der Waals surface area contributed by atoms with Crippen LogP contribution < -0.4 is 0 Å². The Bertz CT molecular complexity index is 563. The molecule has 4 atom stereocenters. The Labute approximate surface area is 141 Å². The number of hydrogen-bond donors (Lipinski definition) is 0. The van der Waals surface area contributed by atoms with Crippen LogP contribution in [0.1, 0.15) is 40.0 Å². The zero-order valence-corrected chi connectivity index (χ0v) is 14.7. The van der Waals surface area contributed by atoms with Gasteiger partial charge in [-0.1, -0.05) is 18.2 Å². The number of fused-ring (bicyclic) bond motifs is 2. The molecule has 0 radical (unpaired) electrons. The maximum atomic E-state index is 11.3. The van der Waals surface area contributed by atoms with Gasteiger partial charge in [0.1, 0.15) is 17.3 Å². The summed E-state index contributed by atoms with van der Waals surface area (Å²) in [6.45, 7) is 5.51. The fourth-order valence-electron chi connectivity index (χ4n) is 3.51. The van der Waals surface area contributed by atoms with E-state index in [9.17, 15) is 4.79 Å². The SMILES string of the molecule is CC(=O)O[C@@]1(C)CC[C@H]2C[C@@H]1OO[C@]2(C)CSc1ccccc1. The van der Waals surface area contributed by atoms with Crippen molar-refractivity contribution >= 4 is 17.7 Å². The van der Waals surface area contributed by atoms with Crippen molar-refractivity contribution in [2.45, 2.75) is 62.2 Å². The number of rotatable bonds is 4. The van der Waals surface area contributed by atoms with E-state index in [-0.39, 0.29) is 17.7 Å². The summed E-state index contributed by atoms with van der Waals surface area (Å²) in [5, 5.41) is 0. The molecule has 0 aromatic heterocycles. The molecule has 2 aliphatic rings. The van der Waals surface area contributed by atoms with E-state index >= 15 is 0 Å². The van der Waals surface area contributed by atoms with Crippen LogP contribution in [-0.4, -0.2) is 29.0 Å². The molecule has 1 saturated heterocycles. The topological polar surface area (TPSA) is 44.8 Å². The molecule has 3 rings (SSSR count). The van der Waals surface area contributed by atoms with Gasteiger partial charge in [-0.2, -0.15) is 0 Å². The van der Waals surface area contributed by atoms with Gasteiger partial charge in [-0.05, 0) is 51.2 Å². The molecule has 1 aliphatic heterocycles. The average molecular weight is 336 g/mol. The van der Waals surface area contributed by atoms with Crippen LogP contribution in [-0.2, 0) is 19.3 Å². The monoisotopic (exact) mass is 336 g/mol. The Morgan fingerprint density at radius 2 is 2.09 bits per heavy atom. The highest BCUT2D eigenvalue weighted by Crippen LogP contribution is 2.48. The lowest BCUT2D eigenvalue weighted by Gasteiger charge is -2.51. The molecular weight excluding hydrogens is 312 g/mol. The number of benzene rings is 1. The summed E-state index contributed by atoms with van der Waals surface area (Å²) in [4.78, 5) is 24.1. The predicted molar refractivity (Wildman–Crippen MR) is 89.0 cm³/mol. The lowest BCUT2D eigenvalue weighted by atomic mass is 9.71. The maximum Gasteiger partial charge on any atom is 0.303 e. The number of hydrogen-bond acceptors (Lipinski definition) is 5. The van der Waals surface area contributed by atoms with Crippen molar-refractivity contribution in [1.82, 2.24) is 0 Å². The molecule has 0 amide bonds. The van der Waals surface area contributed by atoms with Crippen LogP contribution in [0.5, 0.6) is 0 Å². The minimum atomic E-state index is -0.573. The highest BCUT2D eigenvalue weighted by atomic mass is 32.2. The van der Waals surface area contributed by atoms with Gasteiger partial charge in [-0.25, -0.2) is 9.78 Å². The second-order valence-electron chi connectivity index (χ2n) is 6.96. The molecule has 2 fully saturated rings. The van der Waals surface area contributed by atoms with E-state index in [2.05, 4.69) is 19.1 Å². The maximum absolute atomic E-state index is 11.3. The van der Waals surface area contributed by atoms with Crippen molar-refractivity contribution in [3.05, 3.63) is 30.3 Å². The largest absolute Gasteiger partial charge is 0.457 e. The second kappa shape index (κ2) is 6.46. The zero-order valence-electron chi connectivity index (χ0n) is 13.9. The van der Waals surface area contributed by atoms with Gasteiger partial charge in [-0.3, -0.25) is 4.79 Å². The van der Waals surface area contributed by atoms with Gasteiger partial charge in [0.25, 0.3) is 0 Å². The van der Waals surface area contributed by atoms with E-state index < -0.39 is 5.60 Å². The molecule has 2 bridgehead atoms. The quantitative estimate of drug-likeness (QED) is 0.472. The summed E-state index contributed by atoms with van der Waals surface area (Å²) < 4.78 is 5.51. The summed E-state index contributed by atoms with van der Waals surface area (Å²) in [6, 6.07) is 10.3. The van der Waals surface area contributed by atoms with Crippen LogP contribution in [0.4, 0.5) is 0 Å². The Kier molecular flexibility index (Phi) is 4.72. The van der Waals surface area contributed by atoms with E-state index in [1.54, 1.807) is 11.8 Å². The summed E-state index contributed by atoms with van der Waals surface area (Å²) in [6.07, 6.45) is 2.49. The summed E-state index contributed by atoms with van der Waals surface area (Å²) >= 11 is 1.79. The fraction of sp³-hybridized carbons (Fsp3) is 0.611. The van der Waals surface area contributed by atoms with Crippen molar-refractivity contribution in [2.24, 2.45) is 5.92 Å². The van der Waals surface area contributed by atoms with Crippen LogP contribution in [0.15, 0.2) is 35.2 Å². The first-order chi connectivity index (χ1) is 10.9. The first-order valence-electron chi connectivity index (χ1n) is 8.13. The number of carbonyl (C=O) groups excluding carboxylic acids is 1. The molecule has 5 heteroatoms. The summed E-state index contributed by atoms with van der Waals surface area (Å²) in [5.41, 5.74) is -0.884. The van der Waals surface area contributed by atoms with Crippen LogP contribution in [0.25, 0.3) is 0 Å². The zero-order chi connectivity index (χ0) is 16.5. The van der Waals surface area contributed by atoms with Crippen molar-refractivity contribution in [3.8, 4) is 0 Å². The van der Waals surface area contributed by atoms with Crippen LogP contribution >= 0.6 is 11.8 Å². The van der Waals surface area contributed by atoms with Crippen molar-refractivity contribution in [1.29, 1.82) is 0 Å². The standard InChI is InChI=1S/C18H24O4S/c1-13(19)20-17(2)10-9-14-11-16(17)21-22-18(14,3)12-23-15-7-5-4-6-8-15/h4-8,14,16H,9-12H2,1-3H3/t14-,16-,17-,18+/m0/s1. The molecule has 0 unspecified atom stereocenters. The van der Waals surface area contributed by atoms with E-state index in [4.69, 9.17) is 14.5 Å². The first kappa shape index (κ1) is 16.8. The molecular formula is C18H24O4S. The van der Waals surface area contributed by atoms with Gasteiger partial charge >= 0.3 is 5.97 Å². The molecule has 126 valence electrons. The van der Waals surface area contributed by atoms with E-state index in [1.165, 1.54) is 11.8 Å². The molecule has 1 heterocycles. The highest BCUT2D eigenvalue weighted by molar-refractivity contribution is 7.99. The van der Waals surface area contributed by atoms with Gasteiger partial charge in [0.15, 0.2) is 0 Å². The summed E-state index contributed by atoms with van der Waals surface area (Å²) in [7, 11) is 0. The number of thioether (sulfide) groups is 1. The minimum absolute atomic E-state index is 0.181. The first-order valence-corrected chi connectivity index (χ1v) is 9.12. The molecule has 1 aromatic rings. The number of ether oxygens (including phenoxy) is 1. The Hall–Kier alpha value is -1.04. The Balaban J connectivity index is 1.64. The molecule has 0 N–H and O–H groups in total. The normalized spacial score (nSPS) is 36.5. The predicted octanol–water partition coefficient (Wildman–Crippen LogP) is 3.99. The van der Waals surface area contributed by atoms with Crippen molar-refractivity contribution < 1.29 is 19.3 Å². The summed E-state index contributed by atoms with van der Waals surface area (Å²) in [5.74, 6) is 1.00. The Morgan fingerprint density at radius 3 is 2.78 bits per heavy atom. The second-order valence-corrected chi connectivity index (χ2v) is 8.01. The number of carbonyl (C=O) groups is 1. The highest BCUT2D eigenvalue weighted by Gasteiger charge is 2.53. The minimum Gasteiger partial charge on any atom is -0.457 e. The molecule has 4 nitrogen and oxygen atoms in total. The lowest BCUT2D eigenvalue weighted by Crippen LogP contribution is -2.58. The third-order valence-electron chi connectivity index (χ3n) is 5.03. The van der Waals surface area contributed by atoms with Crippen LogP contribution in [0, 0.1) is 5.92 Å². The van der Waals surface area contributed by atoms with Crippen molar-refractivity contribution in [3.63, 3.8) is 0 Å². The number of esters is 1.